The lowest BCUT2D eigenvalue weighted by Gasteiger charge is -2.24. The van der Waals surface area contributed by atoms with Crippen LogP contribution in [0.4, 0.5) is 5.69 Å². The van der Waals surface area contributed by atoms with Crippen molar-refractivity contribution in [1.82, 2.24) is 0 Å². The lowest BCUT2D eigenvalue weighted by molar-refractivity contribution is -0.123. The van der Waals surface area contributed by atoms with Crippen LogP contribution in [0.1, 0.15) is 45.1 Å². The minimum atomic E-state index is -1.01. The van der Waals surface area contributed by atoms with Crippen LogP contribution in [0, 0.1) is 28.1 Å². The molecule has 0 aliphatic rings. The number of amides is 1. The summed E-state index contributed by atoms with van der Waals surface area (Å²) in [6.07, 6.45) is 2.58. The zero-order valence-corrected chi connectivity index (χ0v) is 11.9. The minimum absolute atomic E-state index is 0.314. The predicted octanol–water partition coefficient (Wildman–Crippen LogP) is 3.61. The van der Waals surface area contributed by atoms with E-state index in [0.29, 0.717) is 24.1 Å². The van der Waals surface area contributed by atoms with Crippen LogP contribution >= 0.6 is 0 Å². The van der Waals surface area contributed by atoms with Crippen LogP contribution in [0.25, 0.3) is 0 Å². The lowest BCUT2D eigenvalue weighted by Crippen LogP contribution is -2.35. The fraction of sp³-hybridized carbons (Fsp3) is 0.438. The first-order valence-corrected chi connectivity index (χ1v) is 6.85. The molecule has 0 aromatic heterocycles. The molecule has 0 bridgehead atoms. The largest absolute Gasteiger partial charge is 0.324 e. The van der Waals surface area contributed by atoms with Crippen molar-refractivity contribution in [3.63, 3.8) is 0 Å². The molecule has 0 saturated carbocycles. The Bertz CT molecular complexity index is 546. The van der Waals surface area contributed by atoms with Crippen molar-refractivity contribution in [3.8, 4) is 12.1 Å². The van der Waals surface area contributed by atoms with Crippen molar-refractivity contribution in [3.05, 3.63) is 29.8 Å². The quantitative estimate of drug-likeness (QED) is 0.857. The van der Waals surface area contributed by atoms with Crippen LogP contribution in [0.15, 0.2) is 24.3 Å². The second-order valence-electron chi connectivity index (χ2n) is 4.81. The first kappa shape index (κ1) is 15.7. The number of nitrogens with zero attached hydrogens (tertiary/aromatic N) is 2. The Balaban J connectivity index is 3.03. The SMILES string of the molecule is CCCC(C#N)(CCC)C(=O)Nc1ccccc1C#N. The van der Waals surface area contributed by atoms with Crippen molar-refractivity contribution in [2.45, 2.75) is 39.5 Å². The maximum absolute atomic E-state index is 12.5. The lowest BCUT2D eigenvalue weighted by atomic mass is 9.79. The number of anilines is 1. The van der Waals surface area contributed by atoms with E-state index >= 15 is 0 Å². The molecule has 1 rings (SSSR count). The topological polar surface area (TPSA) is 76.7 Å². The van der Waals surface area contributed by atoms with Gasteiger partial charge >= 0.3 is 0 Å². The molecule has 0 fully saturated rings. The van der Waals surface area contributed by atoms with Gasteiger partial charge in [0.25, 0.3) is 0 Å². The summed E-state index contributed by atoms with van der Waals surface area (Å²) in [6.45, 7) is 3.91. The van der Waals surface area contributed by atoms with Gasteiger partial charge in [0.1, 0.15) is 11.5 Å². The molecule has 1 aromatic rings. The Labute approximate surface area is 120 Å². The second-order valence-corrected chi connectivity index (χ2v) is 4.81. The van der Waals surface area contributed by atoms with Crippen molar-refractivity contribution < 1.29 is 4.79 Å². The maximum atomic E-state index is 12.5. The van der Waals surface area contributed by atoms with Crippen LogP contribution in [-0.2, 0) is 4.79 Å². The minimum Gasteiger partial charge on any atom is -0.324 e. The van der Waals surface area contributed by atoms with Crippen LogP contribution in [0.3, 0.4) is 0 Å². The van der Waals surface area contributed by atoms with E-state index in [4.69, 9.17) is 5.26 Å². The van der Waals surface area contributed by atoms with Crippen LogP contribution < -0.4 is 5.32 Å². The van der Waals surface area contributed by atoms with E-state index in [1.807, 2.05) is 19.9 Å². The van der Waals surface area contributed by atoms with Crippen LogP contribution in [0.2, 0.25) is 0 Å². The van der Waals surface area contributed by atoms with Gasteiger partial charge in [-0.2, -0.15) is 10.5 Å². The van der Waals surface area contributed by atoms with Gasteiger partial charge in [-0.05, 0) is 25.0 Å². The number of nitriles is 2. The van der Waals surface area contributed by atoms with E-state index in [1.165, 1.54) is 0 Å². The van der Waals surface area contributed by atoms with Gasteiger partial charge in [0.05, 0.1) is 17.3 Å². The zero-order chi connectivity index (χ0) is 15.0. The van der Waals surface area contributed by atoms with Gasteiger partial charge in [-0.25, -0.2) is 0 Å². The molecular formula is C16H19N3O. The molecule has 1 amide bonds. The van der Waals surface area contributed by atoms with E-state index in [2.05, 4.69) is 11.4 Å². The third kappa shape index (κ3) is 3.36. The number of carbonyl (C=O) groups excluding carboxylic acids is 1. The van der Waals surface area contributed by atoms with Crippen molar-refractivity contribution in [2.24, 2.45) is 5.41 Å². The summed E-state index contributed by atoms with van der Waals surface area (Å²) < 4.78 is 0. The fourth-order valence-electron chi connectivity index (χ4n) is 2.30. The Hall–Kier alpha value is -2.33. The van der Waals surface area contributed by atoms with E-state index in [0.717, 1.165) is 12.8 Å². The molecule has 4 heteroatoms. The van der Waals surface area contributed by atoms with Crippen LogP contribution in [0.5, 0.6) is 0 Å². The predicted molar refractivity (Wildman–Crippen MR) is 77.6 cm³/mol. The molecule has 0 heterocycles. The number of carbonyl (C=O) groups is 1. The van der Waals surface area contributed by atoms with Crippen molar-refractivity contribution in [1.29, 1.82) is 10.5 Å². The molecule has 4 nitrogen and oxygen atoms in total. The molecule has 104 valence electrons. The zero-order valence-electron chi connectivity index (χ0n) is 11.9. The van der Waals surface area contributed by atoms with Crippen molar-refractivity contribution >= 4 is 11.6 Å². The van der Waals surface area contributed by atoms with Crippen LogP contribution in [-0.4, -0.2) is 5.91 Å². The average molecular weight is 269 g/mol. The van der Waals surface area contributed by atoms with Gasteiger partial charge in [0.15, 0.2) is 0 Å². The normalized spacial score (nSPS) is 10.4. The van der Waals surface area contributed by atoms with E-state index in [-0.39, 0.29) is 5.91 Å². The summed E-state index contributed by atoms with van der Waals surface area (Å²) in [6, 6.07) is 11.0. The summed E-state index contributed by atoms with van der Waals surface area (Å²) in [4.78, 5) is 12.5. The highest BCUT2D eigenvalue weighted by Crippen LogP contribution is 2.31. The average Bonchev–Trinajstić information content (AvgIpc) is 2.47. The fourth-order valence-corrected chi connectivity index (χ4v) is 2.30. The second kappa shape index (κ2) is 7.31. The number of rotatable bonds is 6. The molecule has 0 saturated heterocycles. The summed E-state index contributed by atoms with van der Waals surface area (Å²) in [5.74, 6) is -0.314. The highest BCUT2D eigenvalue weighted by molar-refractivity contribution is 5.98. The molecule has 0 aliphatic heterocycles. The highest BCUT2D eigenvalue weighted by Gasteiger charge is 2.37. The monoisotopic (exact) mass is 269 g/mol. The molecule has 0 spiro atoms. The Kier molecular flexibility index (Phi) is 5.74. The number of hydrogen-bond acceptors (Lipinski definition) is 3. The summed E-state index contributed by atoms with van der Waals surface area (Å²) in [5, 5.41) is 21.2. The molecule has 0 atom stereocenters. The molecule has 20 heavy (non-hydrogen) atoms. The van der Waals surface area contributed by atoms with E-state index in [9.17, 15) is 10.1 Å². The number of benzene rings is 1. The molecule has 1 N–H and O–H groups in total. The number of hydrogen-bond donors (Lipinski definition) is 1. The van der Waals surface area contributed by atoms with Gasteiger partial charge in [-0.3, -0.25) is 4.79 Å². The summed E-state index contributed by atoms with van der Waals surface area (Å²) in [7, 11) is 0. The molecule has 0 aliphatic carbocycles. The Morgan fingerprint density at radius 2 is 1.80 bits per heavy atom. The van der Waals surface area contributed by atoms with E-state index < -0.39 is 5.41 Å². The molecule has 0 radical (unpaired) electrons. The third-order valence-corrected chi connectivity index (χ3v) is 3.30. The first-order valence-electron chi connectivity index (χ1n) is 6.85. The molecule has 0 unspecified atom stereocenters. The molecular weight excluding hydrogens is 250 g/mol. The van der Waals surface area contributed by atoms with Gasteiger partial charge in [0, 0.05) is 0 Å². The third-order valence-electron chi connectivity index (χ3n) is 3.30. The first-order chi connectivity index (χ1) is 9.63. The number of para-hydroxylation sites is 1. The van der Waals surface area contributed by atoms with E-state index in [1.54, 1.807) is 24.3 Å². The van der Waals surface area contributed by atoms with Gasteiger partial charge in [-0.15, -0.1) is 0 Å². The molecule has 1 aromatic carbocycles. The highest BCUT2D eigenvalue weighted by atomic mass is 16.2. The van der Waals surface area contributed by atoms with Gasteiger partial charge in [-0.1, -0.05) is 38.8 Å². The van der Waals surface area contributed by atoms with Gasteiger partial charge in [0.2, 0.25) is 5.91 Å². The Morgan fingerprint density at radius 1 is 1.20 bits per heavy atom. The maximum Gasteiger partial charge on any atom is 0.244 e. The summed E-state index contributed by atoms with van der Waals surface area (Å²) >= 11 is 0. The number of nitrogens with one attached hydrogen (secondary N) is 1. The van der Waals surface area contributed by atoms with Gasteiger partial charge < -0.3 is 5.32 Å². The Morgan fingerprint density at radius 3 is 2.30 bits per heavy atom. The summed E-state index contributed by atoms with van der Waals surface area (Å²) in [5.41, 5.74) is -0.140. The standard InChI is InChI=1S/C16H19N3O/c1-3-9-16(12-18,10-4-2)15(20)19-14-8-6-5-7-13(14)11-17/h5-8H,3-4,9-10H2,1-2H3,(H,19,20). The van der Waals surface area contributed by atoms with Crippen molar-refractivity contribution in [2.75, 3.05) is 5.32 Å². The smallest absolute Gasteiger partial charge is 0.244 e.